The molecular weight excluding hydrogens is 697 g/mol. The lowest BCUT2D eigenvalue weighted by Gasteiger charge is -2.49. The molecule has 5 N–H and O–H groups in total. The third-order valence-electron chi connectivity index (χ3n) is 7.71. The first-order valence-electron chi connectivity index (χ1n) is 14.3. The summed E-state index contributed by atoms with van der Waals surface area (Å²) < 4.78 is 36.7. The largest absolute Gasteiger partial charge is 0.496 e. The van der Waals surface area contributed by atoms with E-state index in [0.29, 0.717) is 26.1 Å². The van der Waals surface area contributed by atoms with E-state index in [1.807, 2.05) is 0 Å². The number of sulfone groups is 1. The summed E-state index contributed by atoms with van der Waals surface area (Å²) in [5.74, 6) is -6.36. The minimum Gasteiger partial charge on any atom is -0.496 e. The minimum atomic E-state index is -4.22. The smallest absolute Gasteiger partial charge is 0.407 e. The van der Waals surface area contributed by atoms with Crippen molar-refractivity contribution in [1.29, 1.82) is 0 Å². The lowest BCUT2D eigenvalue weighted by Crippen LogP contribution is -2.75. The number of carboxylic acid groups (broad SMARTS) is 2. The molecule has 0 saturated carbocycles. The number of carbonyl (C=O) groups is 5. The summed E-state index contributed by atoms with van der Waals surface area (Å²) in [4.78, 5) is 63.0. The molecule has 2 aromatic carbocycles. The molecule has 4 rings (SSSR count). The van der Waals surface area contributed by atoms with Crippen molar-refractivity contribution in [3.05, 3.63) is 74.4 Å². The number of aliphatic carboxylic acids is 2. The van der Waals surface area contributed by atoms with Crippen LogP contribution in [0, 0.1) is 0 Å². The normalized spacial score (nSPS) is 18.7. The summed E-state index contributed by atoms with van der Waals surface area (Å²) in [6, 6.07) is 7.45. The van der Waals surface area contributed by atoms with E-state index in [2.05, 4.69) is 10.6 Å². The van der Waals surface area contributed by atoms with Gasteiger partial charge < -0.3 is 35.4 Å². The van der Waals surface area contributed by atoms with Crippen LogP contribution in [-0.2, 0) is 46.8 Å². The zero-order chi connectivity index (χ0) is 35.3. The Morgan fingerprint density at radius 3 is 2.46 bits per heavy atom. The Labute approximate surface area is 284 Å². The third-order valence-corrected chi connectivity index (χ3v) is 10.3. The molecule has 0 aliphatic carbocycles. The van der Waals surface area contributed by atoms with Crippen LogP contribution in [0.4, 0.5) is 4.79 Å². The van der Waals surface area contributed by atoms with Gasteiger partial charge in [0.05, 0.1) is 31.8 Å². The number of amides is 3. The van der Waals surface area contributed by atoms with Gasteiger partial charge in [-0.05, 0) is 36.6 Å². The van der Waals surface area contributed by atoms with Crippen molar-refractivity contribution in [2.24, 2.45) is 0 Å². The highest BCUT2D eigenvalue weighted by Gasteiger charge is 2.60. The molecule has 1 fully saturated rings. The average Bonchev–Trinajstić information content (AvgIpc) is 3.01. The van der Waals surface area contributed by atoms with Gasteiger partial charge in [0, 0.05) is 33.3 Å². The number of hydrogen-bond donors (Lipinski definition) is 5. The molecule has 2 aromatic rings. The molecule has 0 bridgehead atoms. The molecule has 48 heavy (non-hydrogen) atoms. The number of ether oxygens (including phenoxy) is 2. The van der Waals surface area contributed by atoms with Crippen molar-refractivity contribution in [2.75, 3.05) is 26.0 Å². The van der Waals surface area contributed by atoms with Crippen LogP contribution >= 0.6 is 23.2 Å². The summed E-state index contributed by atoms with van der Waals surface area (Å²) in [5, 5.41) is 32.5. The SMILES string of the molecule is COc1ccc(CC(=O)O)cc1C(CCCNC(=O)OCc1ccc(Cl)cc1Cl)C(=O)N[C@H]1C(=O)N2C(C(=O)O)=C(CO)CS(=O)(=O)[C@@H]12. The maximum absolute atomic E-state index is 13.8. The predicted molar refractivity (Wildman–Crippen MR) is 169 cm³/mol. The first kappa shape index (κ1) is 36.5. The van der Waals surface area contributed by atoms with Crippen LogP contribution in [-0.4, -0.2) is 95.9 Å². The number of hydrogen-bond acceptors (Lipinski definition) is 10. The summed E-state index contributed by atoms with van der Waals surface area (Å²) >= 11 is 12.0. The van der Waals surface area contributed by atoms with Crippen molar-refractivity contribution in [3.63, 3.8) is 0 Å². The number of halogens is 2. The zero-order valence-electron chi connectivity index (χ0n) is 25.3. The molecule has 0 spiro atoms. The van der Waals surface area contributed by atoms with Crippen molar-refractivity contribution >= 4 is 62.9 Å². The van der Waals surface area contributed by atoms with Crippen LogP contribution in [0.25, 0.3) is 0 Å². The number of nitrogens with zero attached hydrogens (tertiary/aromatic N) is 1. The third kappa shape index (κ3) is 8.01. The fraction of sp³-hybridized carbons (Fsp3) is 0.367. The van der Waals surface area contributed by atoms with Crippen LogP contribution in [0.5, 0.6) is 5.75 Å². The lowest BCUT2D eigenvalue weighted by molar-refractivity contribution is -0.151. The molecule has 1 unspecified atom stereocenters. The molecule has 0 radical (unpaired) electrons. The average molecular weight is 729 g/mol. The number of alkyl carbamates (subject to hydrolysis) is 1. The number of aliphatic hydroxyl groups is 1. The van der Waals surface area contributed by atoms with E-state index in [1.165, 1.54) is 31.4 Å². The van der Waals surface area contributed by atoms with Gasteiger partial charge in [0.2, 0.25) is 5.91 Å². The molecule has 18 heteroatoms. The summed E-state index contributed by atoms with van der Waals surface area (Å²) in [7, 11) is -2.89. The second-order valence-corrected chi connectivity index (χ2v) is 13.8. The number of benzene rings is 2. The molecule has 2 aliphatic rings. The lowest BCUT2D eigenvalue weighted by atomic mass is 9.89. The van der Waals surface area contributed by atoms with Gasteiger partial charge in [-0.2, -0.15) is 0 Å². The molecule has 2 heterocycles. The van der Waals surface area contributed by atoms with Gasteiger partial charge in [-0.15, -0.1) is 0 Å². The number of carboxylic acids is 2. The van der Waals surface area contributed by atoms with Crippen molar-refractivity contribution in [1.82, 2.24) is 15.5 Å². The van der Waals surface area contributed by atoms with Gasteiger partial charge >= 0.3 is 18.0 Å². The van der Waals surface area contributed by atoms with Gasteiger partial charge in [0.1, 0.15) is 24.1 Å². The van der Waals surface area contributed by atoms with Crippen LogP contribution in [0.1, 0.15) is 35.4 Å². The Balaban J connectivity index is 1.52. The summed E-state index contributed by atoms with van der Waals surface area (Å²) in [6.07, 6.45) is -1.02. The number of methoxy groups -OCH3 is 1. The van der Waals surface area contributed by atoms with Gasteiger partial charge in [0.15, 0.2) is 15.2 Å². The monoisotopic (exact) mass is 727 g/mol. The summed E-state index contributed by atoms with van der Waals surface area (Å²) in [6.45, 7) is -1.03. The maximum atomic E-state index is 13.8. The fourth-order valence-electron chi connectivity index (χ4n) is 5.50. The minimum absolute atomic E-state index is 0.00100. The highest BCUT2D eigenvalue weighted by Crippen LogP contribution is 2.38. The molecular formula is C30H31Cl2N3O12S. The van der Waals surface area contributed by atoms with E-state index in [9.17, 15) is 47.7 Å². The highest BCUT2D eigenvalue weighted by molar-refractivity contribution is 7.92. The Morgan fingerprint density at radius 2 is 1.83 bits per heavy atom. The Kier molecular flexibility index (Phi) is 11.6. The van der Waals surface area contributed by atoms with Gasteiger partial charge in [-0.1, -0.05) is 41.4 Å². The summed E-state index contributed by atoms with van der Waals surface area (Å²) in [5.41, 5.74) is 0.0503. The number of nitrogens with one attached hydrogen (secondary N) is 2. The maximum Gasteiger partial charge on any atom is 0.407 e. The quantitative estimate of drug-likeness (QED) is 0.139. The van der Waals surface area contributed by atoms with E-state index in [1.54, 1.807) is 12.1 Å². The Hall–Kier alpha value is -4.38. The second-order valence-electron chi connectivity index (χ2n) is 10.9. The van der Waals surface area contributed by atoms with Crippen molar-refractivity contribution in [3.8, 4) is 5.75 Å². The number of carbonyl (C=O) groups excluding carboxylic acids is 3. The number of aliphatic hydroxyl groups excluding tert-OH is 1. The van der Waals surface area contributed by atoms with Crippen LogP contribution < -0.4 is 15.4 Å². The van der Waals surface area contributed by atoms with Gasteiger partial charge in [-0.25, -0.2) is 18.0 Å². The number of fused-ring (bicyclic) bond motifs is 1. The van der Waals surface area contributed by atoms with Crippen molar-refractivity contribution in [2.45, 2.75) is 43.2 Å². The molecule has 258 valence electrons. The first-order valence-corrected chi connectivity index (χ1v) is 16.8. The Morgan fingerprint density at radius 1 is 1.10 bits per heavy atom. The molecule has 3 atom stereocenters. The molecule has 1 saturated heterocycles. The van der Waals surface area contributed by atoms with Crippen LogP contribution in [0.2, 0.25) is 10.0 Å². The van der Waals surface area contributed by atoms with Crippen molar-refractivity contribution < 1.29 is 57.2 Å². The van der Waals surface area contributed by atoms with Gasteiger partial charge in [0.25, 0.3) is 5.91 Å². The highest BCUT2D eigenvalue weighted by atomic mass is 35.5. The van der Waals surface area contributed by atoms with E-state index >= 15 is 0 Å². The van der Waals surface area contributed by atoms with Crippen LogP contribution in [0.3, 0.4) is 0 Å². The van der Waals surface area contributed by atoms with E-state index in [4.69, 9.17) is 32.7 Å². The van der Waals surface area contributed by atoms with E-state index in [0.717, 1.165) is 0 Å². The number of β-lactam (4-membered cyclic amide) rings is 1. The number of rotatable bonds is 14. The van der Waals surface area contributed by atoms with Gasteiger partial charge in [-0.3, -0.25) is 19.3 Å². The second kappa shape index (κ2) is 15.2. The predicted octanol–water partition coefficient (Wildman–Crippen LogP) is 1.83. The molecule has 2 aliphatic heterocycles. The topological polar surface area (TPSA) is 226 Å². The molecule has 15 nitrogen and oxygen atoms in total. The Bertz CT molecular complexity index is 1780. The standard InChI is InChI=1S/C30H31Cl2N3O12S/c1-46-22-7-4-15(10-23(37)38)9-20(22)19(3-2-8-33-30(43)47-13-16-5-6-18(31)11-21(16)32)26(39)34-24-27(40)35-25(29(41)42)17(12-36)14-48(44,45)28(24)35/h4-7,9,11,19,24,28,36H,2-3,8,10,12-14H2,1H3,(H,33,43)(H,34,39)(H,37,38)(H,41,42)/t19?,24-,28-/m0/s1. The zero-order valence-corrected chi connectivity index (χ0v) is 27.6. The van der Waals surface area contributed by atoms with Crippen LogP contribution in [0.15, 0.2) is 47.7 Å². The van der Waals surface area contributed by atoms with E-state index < -0.39 is 75.1 Å². The molecule has 0 aromatic heterocycles. The fourth-order valence-corrected chi connectivity index (χ4v) is 7.97. The van der Waals surface area contributed by atoms with E-state index in [-0.39, 0.29) is 49.3 Å². The first-order chi connectivity index (χ1) is 22.7. The molecule has 3 amide bonds.